The minimum atomic E-state index is 0.846. The predicted octanol–water partition coefficient (Wildman–Crippen LogP) is 2.89. The van der Waals surface area contributed by atoms with Crippen molar-refractivity contribution in [2.45, 2.75) is 0 Å². The maximum absolute atomic E-state index is 6.04. The fourth-order valence-electron chi connectivity index (χ4n) is 0.778. The highest BCUT2D eigenvalue weighted by atomic mass is 35.5. The first-order valence-electron chi connectivity index (χ1n) is 3.74. The van der Waals surface area contributed by atoms with Gasteiger partial charge in [-0.05, 0) is 25.5 Å². The summed E-state index contributed by atoms with van der Waals surface area (Å²) in [7, 11) is 4.05. The van der Waals surface area contributed by atoms with Crippen molar-refractivity contribution in [3.8, 4) is 0 Å². The Hall–Kier alpha value is -0.310. The van der Waals surface area contributed by atoms with Crippen LogP contribution in [0.1, 0.15) is 4.88 Å². The molecule has 0 spiro atoms. The van der Waals surface area contributed by atoms with Gasteiger partial charge >= 0.3 is 0 Å². The van der Waals surface area contributed by atoms with Gasteiger partial charge < -0.3 is 4.90 Å². The van der Waals surface area contributed by atoms with E-state index in [1.807, 2.05) is 37.7 Å². The van der Waals surface area contributed by atoms with Crippen molar-refractivity contribution in [3.63, 3.8) is 0 Å². The van der Waals surface area contributed by atoms with Crippen LogP contribution in [-0.4, -0.2) is 25.5 Å². The van der Waals surface area contributed by atoms with Gasteiger partial charge in [-0.2, -0.15) is 0 Å². The highest BCUT2D eigenvalue weighted by Gasteiger charge is 1.97. The Labute approximate surface area is 82.3 Å². The van der Waals surface area contributed by atoms with Gasteiger partial charge in [0, 0.05) is 11.4 Å². The second-order valence-corrected chi connectivity index (χ2v) is 4.15. The number of likely N-dealkylation sites (N-methyl/N-ethyl adjacent to an activating group) is 1. The van der Waals surface area contributed by atoms with Crippen molar-refractivity contribution in [2.75, 3.05) is 20.6 Å². The number of rotatable bonds is 3. The van der Waals surface area contributed by atoms with E-state index >= 15 is 0 Å². The molecule has 0 amide bonds. The number of thiophene rings is 1. The van der Waals surface area contributed by atoms with Gasteiger partial charge in [0.2, 0.25) is 0 Å². The molecule has 0 radical (unpaired) electrons. The predicted molar refractivity (Wildman–Crippen MR) is 56.7 cm³/mol. The van der Waals surface area contributed by atoms with E-state index in [9.17, 15) is 0 Å². The molecule has 12 heavy (non-hydrogen) atoms. The van der Waals surface area contributed by atoms with Gasteiger partial charge in [-0.3, -0.25) is 0 Å². The van der Waals surface area contributed by atoms with Crippen LogP contribution in [0.15, 0.2) is 23.6 Å². The summed E-state index contributed by atoms with van der Waals surface area (Å²) in [6, 6.07) is 4.03. The van der Waals surface area contributed by atoms with Crippen LogP contribution in [0, 0.1) is 0 Å². The molecule has 66 valence electrons. The van der Waals surface area contributed by atoms with Crippen LogP contribution in [0.25, 0.3) is 5.03 Å². The molecular formula is C9H12ClNS. The van der Waals surface area contributed by atoms with Gasteiger partial charge in [-0.15, -0.1) is 11.3 Å². The quantitative estimate of drug-likeness (QED) is 0.727. The zero-order chi connectivity index (χ0) is 8.97. The number of halogens is 1. The van der Waals surface area contributed by atoms with Crippen molar-refractivity contribution in [2.24, 2.45) is 0 Å². The number of nitrogens with zero attached hydrogens (tertiary/aromatic N) is 1. The molecule has 0 aromatic carbocycles. The maximum atomic E-state index is 6.04. The summed E-state index contributed by atoms with van der Waals surface area (Å²) in [5, 5.41) is 2.88. The van der Waals surface area contributed by atoms with E-state index in [1.165, 1.54) is 0 Å². The standard InChI is InChI=1S/C9H12ClNS/c1-11(2)6-5-8(10)9-4-3-7-12-9/h3-5,7H,6H2,1-2H3/b8-5-. The Balaban J connectivity index is 2.59. The smallest absolute Gasteiger partial charge is 0.0551 e. The van der Waals surface area contributed by atoms with E-state index in [1.54, 1.807) is 11.3 Å². The third kappa shape index (κ3) is 2.97. The summed E-state index contributed by atoms with van der Waals surface area (Å²) in [6.07, 6.45) is 2.02. The molecule has 0 aliphatic carbocycles. The fraction of sp³-hybridized carbons (Fsp3) is 0.333. The van der Waals surface area contributed by atoms with Crippen molar-refractivity contribution in [1.29, 1.82) is 0 Å². The van der Waals surface area contributed by atoms with Crippen LogP contribution in [0.3, 0.4) is 0 Å². The lowest BCUT2D eigenvalue weighted by atomic mass is 10.4. The molecule has 1 rings (SSSR count). The molecule has 1 aromatic heterocycles. The lowest BCUT2D eigenvalue weighted by Gasteiger charge is -2.04. The van der Waals surface area contributed by atoms with E-state index in [4.69, 9.17) is 11.6 Å². The highest BCUT2D eigenvalue weighted by Crippen LogP contribution is 2.23. The zero-order valence-corrected chi connectivity index (χ0v) is 8.82. The van der Waals surface area contributed by atoms with E-state index in [-0.39, 0.29) is 0 Å². The monoisotopic (exact) mass is 201 g/mol. The molecule has 0 saturated heterocycles. The molecule has 0 unspecified atom stereocenters. The van der Waals surface area contributed by atoms with Crippen LogP contribution in [-0.2, 0) is 0 Å². The van der Waals surface area contributed by atoms with Crippen LogP contribution in [0.5, 0.6) is 0 Å². The normalized spacial score (nSPS) is 12.5. The summed E-state index contributed by atoms with van der Waals surface area (Å²) >= 11 is 7.70. The van der Waals surface area contributed by atoms with Crippen LogP contribution < -0.4 is 0 Å². The average molecular weight is 202 g/mol. The van der Waals surface area contributed by atoms with Crippen LogP contribution in [0.2, 0.25) is 0 Å². The molecule has 0 saturated carbocycles. The Morgan fingerprint density at radius 3 is 2.92 bits per heavy atom. The lowest BCUT2D eigenvalue weighted by Crippen LogP contribution is -2.10. The molecule has 0 atom stereocenters. The summed E-state index contributed by atoms with van der Waals surface area (Å²) < 4.78 is 0. The fourth-order valence-corrected chi connectivity index (χ4v) is 1.70. The molecule has 0 bridgehead atoms. The molecule has 0 fully saturated rings. The first-order chi connectivity index (χ1) is 5.70. The van der Waals surface area contributed by atoms with Gasteiger partial charge in [-0.1, -0.05) is 23.7 Å². The topological polar surface area (TPSA) is 3.24 Å². The summed E-state index contributed by atoms with van der Waals surface area (Å²) in [5.74, 6) is 0. The van der Waals surface area contributed by atoms with E-state index in [2.05, 4.69) is 4.90 Å². The van der Waals surface area contributed by atoms with E-state index in [0.29, 0.717) is 0 Å². The molecule has 3 heteroatoms. The molecule has 1 aromatic rings. The summed E-state index contributed by atoms with van der Waals surface area (Å²) in [6.45, 7) is 0.886. The van der Waals surface area contributed by atoms with Crippen LogP contribution in [0.4, 0.5) is 0 Å². The third-order valence-corrected chi connectivity index (χ3v) is 2.77. The highest BCUT2D eigenvalue weighted by molar-refractivity contribution is 7.12. The third-order valence-electron chi connectivity index (χ3n) is 1.39. The lowest BCUT2D eigenvalue weighted by molar-refractivity contribution is 0.457. The minimum absolute atomic E-state index is 0.846. The number of hydrogen-bond acceptors (Lipinski definition) is 2. The van der Waals surface area contributed by atoms with E-state index in [0.717, 1.165) is 16.5 Å². The van der Waals surface area contributed by atoms with Gasteiger partial charge in [-0.25, -0.2) is 0 Å². The van der Waals surface area contributed by atoms with Crippen LogP contribution >= 0.6 is 22.9 Å². The molecule has 0 aliphatic rings. The van der Waals surface area contributed by atoms with Gasteiger partial charge in [0.15, 0.2) is 0 Å². The van der Waals surface area contributed by atoms with Crippen molar-refractivity contribution < 1.29 is 0 Å². The molecule has 1 heterocycles. The SMILES string of the molecule is CN(C)C/C=C(\Cl)c1cccs1. The zero-order valence-electron chi connectivity index (χ0n) is 7.25. The second kappa shape index (κ2) is 4.65. The first kappa shape index (κ1) is 9.78. The largest absolute Gasteiger partial charge is 0.306 e. The van der Waals surface area contributed by atoms with Crippen molar-refractivity contribution >= 4 is 28.0 Å². The Bertz CT molecular complexity index is 252. The molecule has 0 aliphatic heterocycles. The Morgan fingerprint density at radius 2 is 2.42 bits per heavy atom. The summed E-state index contributed by atoms with van der Waals surface area (Å²) in [4.78, 5) is 3.22. The Kier molecular flexibility index (Phi) is 3.79. The van der Waals surface area contributed by atoms with Crippen molar-refractivity contribution in [1.82, 2.24) is 4.90 Å². The van der Waals surface area contributed by atoms with Crippen molar-refractivity contribution in [3.05, 3.63) is 28.5 Å². The second-order valence-electron chi connectivity index (χ2n) is 2.79. The van der Waals surface area contributed by atoms with Gasteiger partial charge in [0.1, 0.15) is 0 Å². The first-order valence-corrected chi connectivity index (χ1v) is 5.00. The average Bonchev–Trinajstić information content (AvgIpc) is 2.51. The maximum Gasteiger partial charge on any atom is 0.0551 e. The molecular weight excluding hydrogens is 190 g/mol. The molecule has 0 N–H and O–H groups in total. The van der Waals surface area contributed by atoms with Gasteiger partial charge in [0.05, 0.1) is 5.03 Å². The summed E-state index contributed by atoms with van der Waals surface area (Å²) in [5.41, 5.74) is 0. The molecule has 1 nitrogen and oxygen atoms in total. The Morgan fingerprint density at radius 1 is 1.67 bits per heavy atom. The number of hydrogen-bond donors (Lipinski definition) is 0. The van der Waals surface area contributed by atoms with Gasteiger partial charge in [0.25, 0.3) is 0 Å². The van der Waals surface area contributed by atoms with E-state index < -0.39 is 0 Å². The minimum Gasteiger partial charge on any atom is -0.306 e.